The molecule has 0 aliphatic carbocycles. The number of Topliss-reactive ketones (excluding diaryl/α,β-unsaturated/α-hetero) is 1. The Hall–Kier alpha value is -6.02. The van der Waals surface area contributed by atoms with Gasteiger partial charge in [-0.15, -0.1) is 0 Å². The molecular weight excluding hydrogens is 1060 g/mol. The molecule has 0 rings (SSSR count). The monoisotopic (exact) mass is 1140 g/mol. The zero-order valence-corrected chi connectivity index (χ0v) is 45.3. The quantitative estimate of drug-likeness (QED) is 0.0170. The van der Waals surface area contributed by atoms with Gasteiger partial charge in [0.25, 0.3) is 0 Å². The summed E-state index contributed by atoms with van der Waals surface area (Å²) in [6.45, 7) is 7.17. The first-order valence-electron chi connectivity index (χ1n) is 25.0. The molecule has 29 heteroatoms. The van der Waals surface area contributed by atoms with Crippen LogP contribution in [0.3, 0.4) is 0 Å². The molecule has 0 radical (unpaired) electrons. The molecule has 0 aliphatic rings. The molecule has 0 spiro atoms. The molecule has 0 saturated heterocycles. The first-order chi connectivity index (χ1) is 37.5. The molecule has 29 nitrogen and oxygen atoms in total. The van der Waals surface area contributed by atoms with Gasteiger partial charge < -0.3 is 92.2 Å². The number of ether oxygens (including phenoxy) is 13. The number of hydrogen-bond acceptors (Lipinski definition) is 29. The van der Waals surface area contributed by atoms with Gasteiger partial charge in [-0.05, 0) is 33.1 Å². The highest BCUT2D eigenvalue weighted by Gasteiger charge is 2.45. The Bertz CT molecular complexity index is 1820. The fraction of sp³-hybridized carbons (Fsp3) is 0.720. The van der Waals surface area contributed by atoms with Crippen molar-refractivity contribution in [2.24, 2.45) is 5.41 Å². The van der Waals surface area contributed by atoms with E-state index in [9.17, 15) is 78.6 Å². The minimum absolute atomic E-state index is 0.0207. The van der Waals surface area contributed by atoms with Crippen LogP contribution < -0.4 is 0 Å². The third-order valence-electron chi connectivity index (χ3n) is 9.77. The van der Waals surface area contributed by atoms with E-state index in [-0.39, 0.29) is 150 Å². The third-order valence-corrected chi connectivity index (χ3v) is 9.77. The van der Waals surface area contributed by atoms with Gasteiger partial charge in [-0.1, -0.05) is 20.1 Å². The fourth-order valence-electron chi connectivity index (χ4n) is 5.63. The second-order valence-corrected chi connectivity index (χ2v) is 16.7. The minimum Gasteiger partial charge on any atom is -0.469 e. The first kappa shape index (κ1) is 75.1. The lowest BCUT2D eigenvalue weighted by Crippen LogP contribution is -2.40. The van der Waals surface area contributed by atoms with E-state index in [1.54, 1.807) is 6.92 Å². The van der Waals surface area contributed by atoms with Crippen LogP contribution in [-0.4, -0.2) is 240 Å². The van der Waals surface area contributed by atoms with Crippen LogP contribution in [0.1, 0.15) is 78.6 Å². The number of carbonyl (C=O) groups is 10. The third kappa shape index (κ3) is 41.7. The van der Waals surface area contributed by atoms with Crippen LogP contribution in [0.5, 0.6) is 0 Å². The highest BCUT2D eigenvalue weighted by atomic mass is 16.6. The highest BCUT2D eigenvalue weighted by Crippen LogP contribution is 2.33. The molecule has 79 heavy (non-hydrogen) atoms. The molecule has 0 aliphatic heterocycles. The van der Waals surface area contributed by atoms with Crippen molar-refractivity contribution < 1.29 is 140 Å². The smallest absolute Gasteiger partial charge is 0.330 e. The summed E-state index contributed by atoms with van der Waals surface area (Å²) in [6, 6.07) is 0. The predicted octanol–water partition coefficient (Wildman–Crippen LogP) is -1.78. The van der Waals surface area contributed by atoms with Gasteiger partial charge in [-0.2, -0.15) is 0 Å². The molecule has 0 amide bonds. The summed E-state index contributed by atoms with van der Waals surface area (Å²) in [5.74, 6) is -6.81. The van der Waals surface area contributed by atoms with Gasteiger partial charge in [0, 0.05) is 31.4 Å². The van der Waals surface area contributed by atoms with Gasteiger partial charge in [0.1, 0.15) is 94.1 Å². The van der Waals surface area contributed by atoms with E-state index in [1.807, 2.05) is 6.92 Å². The van der Waals surface area contributed by atoms with Crippen molar-refractivity contribution in [3.05, 3.63) is 25.3 Å². The first-order valence-corrected chi connectivity index (χ1v) is 25.0. The lowest BCUT2D eigenvalue weighted by molar-refractivity contribution is -0.162. The van der Waals surface area contributed by atoms with E-state index in [4.69, 9.17) is 47.4 Å². The average Bonchev–Trinajstić information content (AvgIpc) is 3.40. The normalized spacial score (nSPS) is 13.8. The average molecular weight is 1150 g/mol. The number of hydrogen-bond donors (Lipinski definition) is 6. The van der Waals surface area contributed by atoms with Crippen molar-refractivity contribution in [3.8, 4) is 0 Å². The van der Waals surface area contributed by atoms with Crippen LogP contribution in [0, 0.1) is 5.41 Å². The zero-order chi connectivity index (χ0) is 60.0. The number of aliphatic hydroxyl groups is 6. The maximum Gasteiger partial charge on any atom is 0.330 e. The molecule has 0 heterocycles. The molecule has 0 saturated carbocycles. The minimum atomic E-state index is -1.75. The molecule has 6 N–H and O–H groups in total. The van der Waals surface area contributed by atoms with Gasteiger partial charge in [0.15, 0.2) is 0 Å². The summed E-state index contributed by atoms with van der Waals surface area (Å²) in [5, 5.41) is 58.6. The van der Waals surface area contributed by atoms with Crippen LogP contribution in [-0.2, 0) is 110 Å². The number of carbonyl (C=O) groups excluding carboxylic acids is 10. The zero-order valence-electron chi connectivity index (χ0n) is 45.3. The molecule has 0 aromatic heterocycles. The standard InChI is InChI=1S/C31H48O18.C19H32O11/c1-5-25(36)46-13-9-28(39)48-19-23(34)17-43-15-22(33)16-44-18-24(35)20-49-29(40)10-14-47-27(38)8-12-31(21(3)32,30(41)45-6-2)11-7-26(37)42-4;1-3-5-18(24)29-12-15(21)10-26-8-14(20)9-27-11-16(22)13-30-19(25)6-7-28-17(23)4-2/h5,22-24,33-35H,1,6-20H2,2-4H3;4,14-16,20-22H,2-3,5-13H2,1H3. The molecule has 0 aromatic carbocycles. The maximum atomic E-state index is 12.6. The Morgan fingerprint density at radius 1 is 0.405 bits per heavy atom. The second kappa shape index (κ2) is 46.9. The maximum absolute atomic E-state index is 12.6. The number of ketones is 1. The van der Waals surface area contributed by atoms with Crippen molar-refractivity contribution in [1.82, 2.24) is 0 Å². The molecule has 7 atom stereocenters. The Labute approximate surface area is 457 Å². The molecule has 0 fully saturated rings. The number of aliphatic hydroxyl groups excluding tert-OH is 6. The van der Waals surface area contributed by atoms with Crippen LogP contribution in [0.4, 0.5) is 0 Å². The number of rotatable bonds is 46. The largest absolute Gasteiger partial charge is 0.469 e. The summed E-state index contributed by atoms with van der Waals surface area (Å²) in [4.78, 5) is 117. The second-order valence-electron chi connectivity index (χ2n) is 16.7. The van der Waals surface area contributed by atoms with Crippen molar-refractivity contribution in [1.29, 1.82) is 0 Å². The summed E-state index contributed by atoms with van der Waals surface area (Å²) >= 11 is 0. The van der Waals surface area contributed by atoms with Crippen LogP contribution >= 0.6 is 0 Å². The summed E-state index contributed by atoms with van der Waals surface area (Å²) in [5.41, 5.74) is -1.75. The Balaban J connectivity index is 0. The van der Waals surface area contributed by atoms with Gasteiger partial charge in [-0.3, -0.25) is 38.4 Å². The Kier molecular flexibility index (Phi) is 44.5. The molecule has 0 aromatic rings. The van der Waals surface area contributed by atoms with E-state index >= 15 is 0 Å². The van der Waals surface area contributed by atoms with Crippen LogP contribution in [0.25, 0.3) is 0 Å². The van der Waals surface area contributed by atoms with Crippen molar-refractivity contribution in [3.63, 3.8) is 0 Å². The van der Waals surface area contributed by atoms with E-state index < -0.39 is 108 Å². The van der Waals surface area contributed by atoms with E-state index in [2.05, 4.69) is 27.4 Å². The SMILES string of the molecule is C=CC(=O)OCCC(=O)OCC(O)COCC(O)COCC(O)COC(=O)CCC.C=CC(=O)OCCC(=O)OCC(O)COCC(O)COCC(O)COC(=O)CCOC(=O)CCC(CCC(=O)OC)(C(C)=O)C(=O)OCC. The van der Waals surface area contributed by atoms with Gasteiger partial charge >= 0.3 is 53.7 Å². The van der Waals surface area contributed by atoms with Gasteiger partial charge in [-0.25, -0.2) is 9.59 Å². The van der Waals surface area contributed by atoms with Crippen molar-refractivity contribution >= 4 is 59.5 Å². The van der Waals surface area contributed by atoms with Gasteiger partial charge in [0.05, 0.1) is 85.8 Å². The fourth-order valence-corrected chi connectivity index (χ4v) is 5.63. The van der Waals surface area contributed by atoms with Crippen molar-refractivity contribution in [2.45, 2.75) is 115 Å². The molecule has 0 bridgehead atoms. The predicted molar refractivity (Wildman–Crippen MR) is 265 cm³/mol. The van der Waals surface area contributed by atoms with Crippen molar-refractivity contribution in [2.75, 3.05) is 113 Å². The molecule has 454 valence electrons. The summed E-state index contributed by atoms with van der Waals surface area (Å²) in [7, 11) is 1.16. The highest BCUT2D eigenvalue weighted by molar-refractivity contribution is 6.03. The van der Waals surface area contributed by atoms with Crippen LogP contribution in [0.2, 0.25) is 0 Å². The molecule has 7 unspecified atom stereocenters. The van der Waals surface area contributed by atoms with E-state index in [0.717, 1.165) is 26.2 Å². The van der Waals surface area contributed by atoms with Gasteiger partial charge in [0.2, 0.25) is 0 Å². The lowest BCUT2D eigenvalue weighted by atomic mass is 9.75. The topological polar surface area (TPSA) is 412 Å². The summed E-state index contributed by atoms with van der Waals surface area (Å²) in [6.07, 6.45) is -5.69. The lowest BCUT2D eigenvalue weighted by Gasteiger charge is -2.28. The summed E-state index contributed by atoms with van der Waals surface area (Å²) < 4.78 is 63.6. The van der Waals surface area contributed by atoms with E-state index in [0.29, 0.717) is 6.42 Å². The van der Waals surface area contributed by atoms with Crippen LogP contribution in [0.15, 0.2) is 25.3 Å². The number of methoxy groups -OCH3 is 1. The number of esters is 9. The Morgan fingerprint density at radius 2 is 0.696 bits per heavy atom. The molecular formula is C50H80O29. The van der Waals surface area contributed by atoms with E-state index in [1.165, 1.54) is 0 Å². The Morgan fingerprint density at radius 3 is 0.987 bits per heavy atom.